The van der Waals surface area contributed by atoms with Crippen molar-refractivity contribution in [1.82, 2.24) is 4.98 Å². The van der Waals surface area contributed by atoms with Gasteiger partial charge < -0.3 is 19.2 Å². The van der Waals surface area contributed by atoms with Crippen molar-refractivity contribution in [2.45, 2.75) is 34.1 Å². The van der Waals surface area contributed by atoms with E-state index in [9.17, 15) is 14.4 Å². The third-order valence-electron chi connectivity index (χ3n) is 4.32. The maximum Gasteiger partial charge on any atom is 0.338 e. The minimum absolute atomic E-state index is 0.132. The Hall–Kier alpha value is -2.80. The average molecular weight is 422 g/mol. The lowest BCUT2D eigenvalue weighted by Gasteiger charge is -2.13. The molecule has 0 atom stereocenters. The fourth-order valence-corrected chi connectivity index (χ4v) is 3.29. The molecule has 156 valence electrons. The van der Waals surface area contributed by atoms with Crippen LogP contribution in [0.5, 0.6) is 11.5 Å². The van der Waals surface area contributed by atoms with Gasteiger partial charge in [-0.1, -0.05) is 18.5 Å². The van der Waals surface area contributed by atoms with Crippen LogP contribution >= 0.6 is 11.6 Å². The van der Waals surface area contributed by atoms with E-state index in [2.05, 4.69) is 4.98 Å². The number of nitrogens with one attached hydrogen (secondary N) is 1. The highest BCUT2D eigenvalue weighted by Crippen LogP contribution is 2.36. The van der Waals surface area contributed by atoms with Crippen molar-refractivity contribution < 1.29 is 28.6 Å². The van der Waals surface area contributed by atoms with Crippen LogP contribution in [0.1, 0.15) is 62.7 Å². The van der Waals surface area contributed by atoms with Crippen LogP contribution in [-0.4, -0.2) is 42.8 Å². The van der Waals surface area contributed by atoms with Crippen molar-refractivity contribution >= 4 is 29.1 Å². The van der Waals surface area contributed by atoms with Gasteiger partial charge in [0.1, 0.15) is 0 Å². The molecule has 0 saturated heterocycles. The number of benzene rings is 1. The second kappa shape index (κ2) is 9.60. The van der Waals surface area contributed by atoms with E-state index in [1.165, 1.54) is 26.2 Å². The summed E-state index contributed by atoms with van der Waals surface area (Å²) in [6, 6.07) is 2.85. The molecular weight excluding hydrogens is 398 g/mol. The molecule has 0 saturated carbocycles. The van der Waals surface area contributed by atoms with Gasteiger partial charge in [-0.3, -0.25) is 9.59 Å². The number of carbonyl (C=O) groups excluding carboxylic acids is 3. The molecule has 0 bridgehead atoms. The fraction of sp³-hybridized carbons (Fsp3) is 0.381. The number of esters is 1. The minimum Gasteiger partial charge on any atom is -0.493 e. The standard InChI is InChI=1S/C21H24ClNO6/c1-6-7-28-20-15(22)8-14(9-17(20)27-5)21(26)29-10-16(25)19-11(2)18(13(4)24)12(3)23-19/h8-9,23H,6-7,10H2,1-5H3. The number of ether oxygens (including phenoxy) is 3. The normalized spacial score (nSPS) is 10.6. The molecule has 0 unspecified atom stereocenters. The van der Waals surface area contributed by atoms with E-state index in [1.807, 2.05) is 6.92 Å². The Morgan fingerprint density at radius 2 is 1.86 bits per heavy atom. The Kier molecular flexibility index (Phi) is 7.45. The highest BCUT2D eigenvalue weighted by atomic mass is 35.5. The van der Waals surface area contributed by atoms with E-state index in [0.717, 1.165) is 6.42 Å². The van der Waals surface area contributed by atoms with Crippen LogP contribution in [-0.2, 0) is 4.74 Å². The number of methoxy groups -OCH3 is 1. The van der Waals surface area contributed by atoms with E-state index in [4.69, 9.17) is 25.8 Å². The summed E-state index contributed by atoms with van der Waals surface area (Å²) in [5.74, 6) is -0.663. The minimum atomic E-state index is -0.728. The van der Waals surface area contributed by atoms with Crippen molar-refractivity contribution in [3.05, 3.63) is 45.2 Å². The van der Waals surface area contributed by atoms with Crippen molar-refractivity contribution in [3.8, 4) is 11.5 Å². The smallest absolute Gasteiger partial charge is 0.338 e. The molecule has 0 amide bonds. The number of aryl methyl sites for hydroxylation is 1. The number of Topliss-reactive ketones (excluding diaryl/α,β-unsaturated/α-hetero) is 2. The van der Waals surface area contributed by atoms with Crippen LogP contribution in [0.25, 0.3) is 0 Å². The van der Waals surface area contributed by atoms with Gasteiger partial charge in [-0.25, -0.2) is 4.79 Å². The SMILES string of the molecule is CCCOc1c(Cl)cc(C(=O)OCC(=O)c2[nH]c(C)c(C(C)=O)c2C)cc1OC. The average Bonchev–Trinajstić information content (AvgIpc) is 2.98. The first-order valence-corrected chi connectivity index (χ1v) is 9.49. The van der Waals surface area contributed by atoms with Crippen LogP contribution in [0.2, 0.25) is 5.02 Å². The molecule has 1 aromatic carbocycles. The summed E-state index contributed by atoms with van der Waals surface area (Å²) in [6.45, 7) is 6.74. The molecule has 2 aromatic rings. The quantitative estimate of drug-likeness (QED) is 0.478. The summed E-state index contributed by atoms with van der Waals surface area (Å²) in [7, 11) is 1.44. The van der Waals surface area contributed by atoms with E-state index >= 15 is 0 Å². The first-order chi connectivity index (χ1) is 13.7. The van der Waals surface area contributed by atoms with Gasteiger partial charge in [0.05, 0.1) is 30.0 Å². The highest BCUT2D eigenvalue weighted by Gasteiger charge is 2.22. The summed E-state index contributed by atoms with van der Waals surface area (Å²) in [6.07, 6.45) is 0.786. The van der Waals surface area contributed by atoms with Gasteiger partial charge in [-0.15, -0.1) is 0 Å². The van der Waals surface area contributed by atoms with Gasteiger partial charge in [-0.05, 0) is 44.9 Å². The summed E-state index contributed by atoms with van der Waals surface area (Å²) in [5, 5.41) is 0.206. The molecule has 2 rings (SSSR count). The van der Waals surface area contributed by atoms with Crippen LogP contribution in [0.4, 0.5) is 0 Å². The second-order valence-electron chi connectivity index (χ2n) is 6.52. The van der Waals surface area contributed by atoms with Gasteiger partial charge in [0.15, 0.2) is 23.9 Å². The number of H-pyrrole nitrogens is 1. The largest absolute Gasteiger partial charge is 0.493 e. The third-order valence-corrected chi connectivity index (χ3v) is 4.60. The monoisotopic (exact) mass is 421 g/mol. The lowest BCUT2D eigenvalue weighted by atomic mass is 10.1. The molecule has 0 spiro atoms. The Morgan fingerprint density at radius 1 is 1.17 bits per heavy atom. The topological polar surface area (TPSA) is 94.7 Å². The van der Waals surface area contributed by atoms with Gasteiger partial charge >= 0.3 is 5.97 Å². The van der Waals surface area contributed by atoms with Crippen LogP contribution < -0.4 is 9.47 Å². The first kappa shape index (κ1) is 22.5. The lowest BCUT2D eigenvalue weighted by Crippen LogP contribution is -2.16. The van der Waals surface area contributed by atoms with Crippen molar-refractivity contribution in [1.29, 1.82) is 0 Å². The first-order valence-electron chi connectivity index (χ1n) is 9.11. The molecule has 1 N–H and O–H groups in total. The van der Waals surface area contributed by atoms with Gasteiger partial charge in [0.2, 0.25) is 5.78 Å². The summed E-state index contributed by atoms with van der Waals surface area (Å²) in [5.41, 5.74) is 1.99. The van der Waals surface area contributed by atoms with Crippen LogP contribution in [0.15, 0.2) is 12.1 Å². The molecule has 0 aliphatic rings. The number of aromatic amines is 1. The number of hydrogen-bond acceptors (Lipinski definition) is 6. The Morgan fingerprint density at radius 3 is 2.41 bits per heavy atom. The molecule has 1 heterocycles. The molecule has 0 aliphatic carbocycles. The predicted molar refractivity (Wildman–Crippen MR) is 109 cm³/mol. The van der Waals surface area contributed by atoms with Crippen LogP contribution in [0.3, 0.4) is 0 Å². The third kappa shape index (κ3) is 4.98. The summed E-state index contributed by atoms with van der Waals surface area (Å²) < 4.78 is 15.9. The zero-order chi connectivity index (χ0) is 21.7. The molecule has 7 nitrogen and oxygen atoms in total. The van der Waals surface area contributed by atoms with Crippen molar-refractivity contribution in [2.75, 3.05) is 20.3 Å². The summed E-state index contributed by atoms with van der Waals surface area (Å²) >= 11 is 6.21. The number of carbonyl (C=O) groups is 3. The Labute approximate surface area is 174 Å². The molecule has 0 aliphatic heterocycles. The zero-order valence-corrected chi connectivity index (χ0v) is 17.9. The van der Waals surface area contributed by atoms with Crippen LogP contribution in [0, 0.1) is 13.8 Å². The number of rotatable bonds is 9. The maximum atomic E-state index is 12.5. The summed E-state index contributed by atoms with van der Waals surface area (Å²) in [4.78, 5) is 39.5. The van der Waals surface area contributed by atoms with E-state index in [1.54, 1.807) is 13.8 Å². The molecule has 1 aromatic heterocycles. The van der Waals surface area contributed by atoms with Crippen molar-refractivity contribution in [2.24, 2.45) is 0 Å². The molecule has 29 heavy (non-hydrogen) atoms. The number of halogens is 1. The van der Waals surface area contributed by atoms with E-state index in [-0.39, 0.29) is 22.1 Å². The Balaban J connectivity index is 2.15. The molecule has 0 fully saturated rings. The second-order valence-corrected chi connectivity index (χ2v) is 6.93. The molecule has 0 radical (unpaired) electrons. The maximum absolute atomic E-state index is 12.5. The lowest BCUT2D eigenvalue weighted by molar-refractivity contribution is 0.0473. The van der Waals surface area contributed by atoms with Gasteiger partial charge in [-0.2, -0.15) is 0 Å². The number of hydrogen-bond donors (Lipinski definition) is 1. The number of aromatic nitrogens is 1. The fourth-order valence-electron chi connectivity index (χ4n) is 3.03. The van der Waals surface area contributed by atoms with E-state index < -0.39 is 18.4 Å². The van der Waals surface area contributed by atoms with Gasteiger partial charge in [0, 0.05) is 11.3 Å². The molecular formula is C21H24ClNO6. The number of ketones is 2. The zero-order valence-electron chi connectivity index (χ0n) is 17.1. The Bertz CT molecular complexity index is 947. The predicted octanol–water partition coefficient (Wildman–Crippen LogP) is 4.32. The highest BCUT2D eigenvalue weighted by molar-refractivity contribution is 6.32. The van der Waals surface area contributed by atoms with Gasteiger partial charge in [0.25, 0.3) is 0 Å². The van der Waals surface area contributed by atoms with Crippen molar-refractivity contribution in [3.63, 3.8) is 0 Å². The van der Waals surface area contributed by atoms with E-state index in [0.29, 0.717) is 34.9 Å². The molecule has 8 heteroatoms.